The maximum Gasteiger partial charge on any atom is 0.326 e. The number of anilines is 1. The summed E-state index contributed by atoms with van der Waals surface area (Å²) in [4.78, 5) is 27.6. The minimum absolute atomic E-state index is 0.209. The average Bonchev–Trinajstić information content (AvgIpc) is 3.47. The van der Waals surface area contributed by atoms with Gasteiger partial charge in [0.2, 0.25) is 6.79 Å². The third kappa shape index (κ3) is 6.89. The zero-order chi connectivity index (χ0) is 29.5. The number of hydrogen-bond acceptors (Lipinski definition) is 6. The third-order valence-corrected chi connectivity index (χ3v) is 7.93. The molecule has 1 unspecified atom stereocenters. The Kier molecular flexibility index (Phi) is 9.34. The second-order valence-electron chi connectivity index (χ2n) is 10.2. The Morgan fingerprint density at radius 2 is 1.62 bits per heavy atom. The van der Waals surface area contributed by atoms with Gasteiger partial charge in [-0.1, -0.05) is 60.7 Å². The largest absolute Gasteiger partial charge is 0.480 e. The van der Waals surface area contributed by atoms with E-state index < -0.39 is 17.9 Å². The highest BCUT2D eigenvalue weighted by Crippen LogP contribution is 2.37. The van der Waals surface area contributed by atoms with Gasteiger partial charge in [-0.2, -0.15) is 11.8 Å². The maximum absolute atomic E-state index is 13.5. The van der Waals surface area contributed by atoms with Crippen LogP contribution in [0.1, 0.15) is 33.5 Å². The van der Waals surface area contributed by atoms with E-state index in [1.165, 1.54) is 0 Å². The Morgan fingerprint density at radius 3 is 2.38 bits per heavy atom. The SMILES string of the molecule is CSCCC(NC(=O)c1ccc(CN(Cc2ccccc2)c2ccc3c(c2)OCO3)cc1-c1ccccc1C)C(=O)O. The molecule has 0 saturated heterocycles. The van der Waals surface area contributed by atoms with Crippen molar-refractivity contribution >= 4 is 29.3 Å². The number of thioether (sulfide) groups is 1. The van der Waals surface area contributed by atoms with Crippen molar-refractivity contribution in [2.24, 2.45) is 0 Å². The molecule has 8 heteroatoms. The summed E-state index contributed by atoms with van der Waals surface area (Å²) in [6.45, 7) is 3.45. The van der Waals surface area contributed by atoms with Crippen LogP contribution in [-0.2, 0) is 17.9 Å². The Balaban J connectivity index is 1.51. The summed E-state index contributed by atoms with van der Waals surface area (Å²) < 4.78 is 11.2. The van der Waals surface area contributed by atoms with E-state index in [0.717, 1.165) is 39.3 Å². The second kappa shape index (κ2) is 13.5. The molecule has 0 radical (unpaired) electrons. The number of benzene rings is 4. The van der Waals surface area contributed by atoms with E-state index >= 15 is 0 Å². The lowest BCUT2D eigenvalue weighted by Crippen LogP contribution is -2.41. The summed E-state index contributed by atoms with van der Waals surface area (Å²) in [7, 11) is 0. The fourth-order valence-electron chi connectivity index (χ4n) is 5.06. The summed E-state index contributed by atoms with van der Waals surface area (Å²) in [5.41, 5.74) is 6.32. The first kappa shape index (κ1) is 29.1. The van der Waals surface area contributed by atoms with E-state index in [1.54, 1.807) is 17.8 Å². The van der Waals surface area contributed by atoms with E-state index in [4.69, 9.17) is 9.47 Å². The smallest absolute Gasteiger partial charge is 0.326 e. The van der Waals surface area contributed by atoms with Crippen LogP contribution in [0, 0.1) is 6.92 Å². The molecule has 1 atom stereocenters. The van der Waals surface area contributed by atoms with Gasteiger partial charge in [-0.3, -0.25) is 4.79 Å². The number of nitrogens with zero attached hydrogens (tertiary/aromatic N) is 1. The van der Waals surface area contributed by atoms with Crippen molar-refractivity contribution in [1.29, 1.82) is 0 Å². The van der Waals surface area contributed by atoms with Gasteiger partial charge in [0.25, 0.3) is 5.91 Å². The van der Waals surface area contributed by atoms with Gasteiger partial charge in [0.15, 0.2) is 11.5 Å². The van der Waals surface area contributed by atoms with Gasteiger partial charge in [0.1, 0.15) is 6.04 Å². The Morgan fingerprint density at radius 1 is 0.881 bits per heavy atom. The number of hydrogen-bond donors (Lipinski definition) is 2. The molecule has 1 aliphatic heterocycles. The van der Waals surface area contributed by atoms with Gasteiger partial charge >= 0.3 is 5.97 Å². The van der Waals surface area contributed by atoms with Crippen LogP contribution in [0.5, 0.6) is 11.5 Å². The van der Waals surface area contributed by atoms with E-state index in [-0.39, 0.29) is 6.79 Å². The number of carboxylic acid groups (broad SMARTS) is 1. The standard InChI is InChI=1S/C34H34N2O5S/c1-23-8-6-7-11-27(23)29-18-25(12-14-28(29)33(37)35-30(34(38)39)16-17-42-2)21-36(20-24-9-4-3-5-10-24)26-13-15-31-32(19-26)41-22-40-31/h3-15,18-19,30H,16-17,20-22H2,1-2H3,(H,35,37)(H,38,39). The molecule has 0 aromatic heterocycles. The third-order valence-electron chi connectivity index (χ3n) is 7.29. The number of fused-ring (bicyclic) bond motifs is 1. The lowest BCUT2D eigenvalue weighted by Gasteiger charge is -2.26. The van der Waals surface area contributed by atoms with E-state index in [0.29, 0.717) is 36.6 Å². The number of ether oxygens (including phenoxy) is 2. The molecule has 2 N–H and O–H groups in total. The number of aliphatic carboxylic acids is 1. The first-order chi connectivity index (χ1) is 20.4. The highest BCUT2D eigenvalue weighted by atomic mass is 32.2. The fourth-order valence-corrected chi connectivity index (χ4v) is 5.53. The van der Waals surface area contributed by atoms with Crippen LogP contribution in [0.15, 0.2) is 91.0 Å². The summed E-state index contributed by atoms with van der Waals surface area (Å²) in [6.07, 6.45) is 2.27. The molecule has 1 amide bonds. The highest BCUT2D eigenvalue weighted by Gasteiger charge is 2.23. The summed E-state index contributed by atoms with van der Waals surface area (Å²) >= 11 is 1.55. The van der Waals surface area contributed by atoms with Crippen molar-refractivity contribution in [3.05, 3.63) is 113 Å². The normalized spacial score (nSPS) is 12.5. The molecule has 0 fully saturated rings. The van der Waals surface area contributed by atoms with Crippen LogP contribution in [0.4, 0.5) is 5.69 Å². The second-order valence-corrected chi connectivity index (χ2v) is 11.2. The summed E-state index contributed by atoms with van der Waals surface area (Å²) in [5.74, 6) is 0.648. The Hall–Kier alpha value is -4.43. The topological polar surface area (TPSA) is 88.1 Å². The molecular weight excluding hydrogens is 548 g/mol. The van der Waals surface area contributed by atoms with Crippen LogP contribution in [0.2, 0.25) is 0 Å². The minimum Gasteiger partial charge on any atom is -0.480 e. The first-order valence-electron chi connectivity index (χ1n) is 13.8. The van der Waals surface area contributed by atoms with Gasteiger partial charge in [0.05, 0.1) is 0 Å². The number of nitrogens with one attached hydrogen (secondary N) is 1. The quantitative estimate of drug-likeness (QED) is 0.196. The molecule has 4 aromatic rings. The van der Waals surface area contributed by atoms with Crippen LogP contribution >= 0.6 is 11.8 Å². The van der Waals surface area contributed by atoms with Crippen molar-refractivity contribution in [3.8, 4) is 22.6 Å². The molecule has 0 bridgehead atoms. The molecule has 0 saturated carbocycles. The fraction of sp³-hybridized carbons (Fsp3) is 0.235. The minimum atomic E-state index is -1.04. The Labute approximate surface area is 250 Å². The lowest BCUT2D eigenvalue weighted by molar-refractivity contribution is -0.139. The van der Waals surface area contributed by atoms with Crippen molar-refractivity contribution in [3.63, 3.8) is 0 Å². The molecule has 4 aromatic carbocycles. The van der Waals surface area contributed by atoms with Crippen LogP contribution in [0.25, 0.3) is 11.1 Å². The molecule has 5 rings (SSSR count). The highest BCUT2D eigenvalue weighted by molar-refractivity contribution is 7.98. The zero-order valence-corrected chi connectivity index (χ0v) is 24.5. The average molecular weight is 583 g/mol. The van der Waals surface area contributed by atoms with Gasteiger partial charge in [-0.05, 0) is 77.4 Å². The molecule has 1 aliphatic rings. The Bertz CT molecular complexity index is 1560. The molecule has 0 aliphatic carbocycles. The van der Waals surface area contributed by atoms with Crippen molar-refractivity contribution in [2.75, 3.05) is 23.7 Å². The van der Waals surface area contributed by atoms with Gasteiger partial charge in [-0.15, -0.1) is 0 Å². The molecule has 7 nitrogen and oxygen atoms in total. The van der Waals surface area contributed by atoms with Crippen molar-refractivity contribution in [1.82, 2.24) is 5.32 Å². The molecule has 1 heterocycles. The number of carbonyl (C=O) groups is 2. The number of aryl methyl sites for hydroxylation is 1. The predicted octanol–water partition coefficient (Wildman–Crippen LogP) is 6.53. The number of amides is 1. The number of rotatable bonds is 12. The lowest BCUT2D eigenvalue weighted by atomic mass is 9.93. The molecular formula is C34H34N2O5S. The summed E-state index contributed by atoms with van der Waals surface area (Å²) in [6, 6.07) is 29.0. The molecule has 42 heavy (non-hydrogen) atoms. The zero-order valence-electron chi connectivity index (χ0n) is 23.7. The number of carbonyl (C=O) groups excluding carboxylic acids is 1. The predicted molar refractivity (Wildman–Crippen MR) is 167 cm³/mol. The van der Waals surface area contributed by atoms with Gasteiger partial charge < -0.3 is 24.8 Å². The molecule has 0 spiro atoms. The van der Waals surface area contributed by atoms with Crippen LogP contribution in [-0.4, -0.2) is 41.8 Å². The summed E-state index contributed by atoms with van der Waals surface area (Å²) in [5, 5.41) is 12.5. The monoisotopic (exact) mass is 582 g/mol. The van der Waals surface area contributed by atoms with Crippen molar-refractivity contribution < 1.29 is 24.2 Å². The van der Waals surface area contributed by atoms with Crippen LogP contribution in [0.3, 0.4) is 0 Å². The van der Waals surface area contributed by atoms with E-state index in [1.807, 2.05) is 86.0 Å². The van der Waals surface area contributed by atoms with E-state index in [9.17, 15) is 14.7 Å². The van der Waals surface area contributed by atoms with Crippen LogP contribution < -0.4 is 19.7 Å². The van der Waals surface area contributed by atoms with Gasteiger partial charge in [-0.25, -0.2) is 4.79 Å². The van der Waals surface area contributed by atoms with Crippen molar-refractivity contribution in [2.45, 2.75) is 32.5 Å². The number of carboxylic acids is 1. The van der Waals surface area contributed by atoms with Gasteiger partial charge in [0, 0.05) is 30.4 Å². The maximum atomic E-state index is 13.5. The first-order valence-corrected chi connectivity index (χ1v) is 15.2. The van der Waals surface area contributed by atoms with E-state index in [2.05, 4.69) is 22.3 Å². The molecule has 216 valence electrons.